The van der Waals surface area contributed by atoms with E-state index in [9.17, 15) is 4.79 Å². The van der Waals surface area contributed by atoms with Gasteiger partial charge in [0.1, 0.15) is 5.60 Å². The molecule has 2 fully saturated rings. The number of rotatable bonds is 2. The first kappa shape index (κ1) is 14.0. The molecule has 2 atom stereocenters. The number of thioether (sulfide) groups is 1. The maximum Gasteiger partial charge on any atom is 0.410 e. The van der Waals surface area contributed by atoms with Gasteiger partial charge in [-0.3, -0.25) is 0 Å². The minimum Gasteiger partial charge on any atom is -0.444 e. The lowest BCUT2D eigenvalue weighted by Gasteiger charge is -2.41. The van der Waals surface area contributed by atoms with Gasteiger partial charge in [-0.2, -0.15) is 11.8 Å². The van der Waals surface area contributed by atoms with Gasteiger partial charge in [0, 0.05) is 23.6 Å². The molecule has 104 valence electrons. The lowest BCUT2D eigenvalue weighted by Crippen LogP contribution is -2.53. The number of nitrogens with zero attached hydrogens (tertiary/aromatic N) is 1. The van der Waals surface area contributed by atoms with Gasteiger partial charge in [0.2, 0.25) is 0 Å². The fraction of sp³-hybridized carbons (Fsp3) is 0.923. The molecule has 0 aromatic carbocycles. The zero-order valence-electron chi connectivity index (χ0n) is 11.5. The summed E-state index contributed by atoms with van der Waals surface area (Å²) in [5, 5.41) is 0. The summed E-state index contributed by atoms with van der Waals surface area (Å²) in [7, 11) is 0. The van der Waals surface area contributed by atoms with Crippen LogP contribution in [-0.4, -0.2) is 46.2 Å². The second kappa shape index (κ2) is 5.29. The molecule has 5 heteroatoms. The topological polar surface area (TPSA) is 55.6 Å². The Bertz CT molecular complexity index is 313. The fourth-order valence-corrected chi connectivity index (χ4v) is 3.31. The molecule has 4 nitrogen and oxygen atoms in total. The summed E-state index contributed by atoms with van der Waals surface area (Å²) in [6.07, 6.45) is 2.79. The van der Waals surface area contributed by atoms with Crippen LogP contribution in [0.25, 0.3) is 0 Å². The zero-order valence-corrected chi connectivity index (χ0v) is 12.3. The minimum absolute atomic E-state index is 0.160. The molecule has 1 heterocycles. The first-order chi connectivity index (χ1) is 8.37. The van der Waals surface area contributed by atoms with E-state index in [1.165, 1.54) is 0 Å². The van der Waals surface area contributed by atoms with Gasteiger partial charge in [0.15, 0.2) is 0 Å². The van der Waals surface area contributed by atoms with E-state index in [4.69, 9.17) is 10.5 Å². The maximum atomic E-state index is 12.3. The number of carbonyl (C=O) groups excluding carboxylic acids is 1. The Morgan fingerprint density at radius 3 is 2.33 bits per heavy atom. The lowest BCUT2D eigenvalue weighted by atomic mass is 10.1. The Morgan fingerprint density at radius 1 is 1.28 bits per heavy atom. The summed E-state index contributed by atoms with van der Waals surface area (Å²) in [5.74, 6) is 2.07. The van der Waals surface area contributed by atoms with Crippen molar-refractivity contribution in [2.45, 2.75) is 63.8 Å². The largest absolute Gasteiger partial charge is 0.444 e. The van der Waals surface area contributed by atoms with Crippen molar-refractivity contribution in [3.05, 3.63) is 0 Å². The summed E-state index contributed by atoms with van der Waals surface area (Å²) in [6.45, 7) is 5.75. The molecule has 0 aromatic rings. The highest BCUT2D eigenvalue weighted by molar-refractivity contribution is 8.00. The molecule has 1 aliphatic carbocycles. The zero-order chi connectivity index (χ0) is 13.3. The van der Waals surface area contributed by atoms with Gasteiger partial charge < -0.3 is 15.4 Å². The van der Waals surface area contributed by atoms with E-state index in [0.717, 1.165) is 30.8 Å². The van der Waals surface area contributed by atoms with Crippen LogP contribution >= 0.6 is 11.8 Å². The van der Waals surface area contributed by atoms with E-state index < -0.39 is 5.60 Å². The van der Waals surface area contributed by atoms with E-state index in [1.807, 2.05) is 37.4 Å². The summed E-state index contributed by atoms with van der Waals surface area (Å²) < 4.78 is 5.54. The lowest BCUT2D eigenvalue weighted by molar-refractivity contribution is 0.00892. The van der Waals surface area contributed by atoms with E-state index in [2.05, 4.69) is 0 Å². The van der Waals surface area contributed by atoms with Crippen molar-refractivity contribution >= 4 is 17.9 Å². The SMILES string of the molecule is CC(C)(C)OC(=O)N(C1CSC1)C1CCC(N)C1. The van der Waals surface area contributed by atoms with Crippen LogP contribution < -0.4 is 5.73 Å². The molecule has 2 unspecified atom stereocenters. The first-order valence-electron chi connectivity index (χ1n) is 6.71. The molecule has 0 bridgehead atoms. The highest BCUT2D eigenvalue weighted by atomic mass is 32.2. The molecule has 2 aliphatic rings. The van der Waals surface area contributed by atoms with Gasteiger partial charge in [-0.05, 0) is 40.0 Å². The van der Waals surface area contributed by atoms with Gasteiger partial charge in [-0.15, -0.1) is 0 Å². The van der Waals surface area contributed by atoms with Crippen LogP contribution in [0.15, 0.2) is 0 Å². The Labute approximate surface area is 114 Å². The molecule has 1 saturated heterocycles. The first-order valence-corrected chi connectivity index (χ1v) is 7.87. The number of ether oxygens (including phenoxy) is 1. The number of carbonyl (C=O) groups is 1. The highest BCUT2D eigenvalue weighted by Gasteiger charge is 2.39. The molecule has 1 amide bonds. The summed E-state index contributed by atoms with van der Waals surface area (Å²) in [4.78, 5) is 14.3. The summed E-state index contributed by atoms with van der Waals surface area (Å²) in [5.41, 5.74) is 5.54. The third-order valence-corrected chi connectivity index (χ3v) is 4.70. The molecule has 0 aromatic heterocycles. The van der Waals surface area contributed by atoms with Gasteiger partial charge in [-0.25, -0.2) is 4.79 Å². The van der Waals surface area contributed by atoms with Crippen LogP contribution in [0.1, 0.15) is 40.0 Å². The highest BCUT2D eigenvalue weighted by Crippen LogP contribution is 2.32. The number of hydrogen-bond acceptors (Lipinski definition) is 4. The fourth-order valence-electron chi connectivity index (χ4n) is 2.54. The molecule has 0 radical (unpaired) electrons. The number of hydrogen-bond donors (Lipinski definition) is 1. The van der Waals surface area contributed by atoms with Gasteiger partial charge in [-0.1, -0.05) is 0 Å². The summed E-state index contributed by atoms with van der Waals surface area (Å²) >= 11 is 1.89. The van der Waals surface area contributed by atoms with Crippen LogP contribution in [0.2, 0.25) is 0 Å². The Morgan fingerprint density at radius 2 is 1.94 bits per heavy atom. The van der Waals surface area contributed by atoms with Crippen molar-refractivity contribution in [2.75, 3.05) is 11.5 Å². The van der Waals surface area contributed by atoms with Gasteiger partial charge >= 0.3 is 6.09 Å². The molecule has 1 saturated carbocycles. The minimum atomic E-state index is -0.424. The molecule has 0 spiro atoms. The van der Waals surface area contributed by atoms with Gasteiger partial charge in [0.05, 0.1) is 6.04 Å². The number of nitrogens with two attached hydrogens (primary N) is 1. The van der Waals surface area contributed by atoms with Crippen LogP contribution in [0.3, 0.4) is 0 Å². The van der Waals surface area contributed by atoms with Crippen molar-refractivity contribution in [3.8, 4) is 0 Å². The second-order valence-electron chi connectivity index (χ2n) is 6.31. The summed E-state index contributed by atoms with van der Waals surface area (Å²) in [6, 6.07) is 0.869. The molecular formula is C13H24N2O2S. The monoisotopic (exact) mass is 272 g/mol. The molecular weight excluding hydrogens is 248 g/mol. The second-order valence-corrected chi connectivity index (χ2v) is 7.38. The van der Waals surface area contributed by atoms with Crippen molar-refractivity contribution in [3.63, 3.8) is 0 Å². The average molecular weight is 272 g/mol. The van der Waals surface area contributed by atoms with Crippen LogP contribution in [0, 0.1) is 0 Å². The van der Waals surface area contributed by atoms with E-state index in [0.29, 0.717) is 6.04 Å². The molecule has 18 heavy (non-hydrogen) atoms. The van der Waals surface area contributed by atoms with Crippen molar-refractivity contribution in [2.24, 2.45) is 5.73 Å². The Balaban J connectivity index is 2.02. The quantitative estimate of drug-likeness (QED) is 0.837. The average Bonchev–Trinajstić information content (AvgIpc) is 2.54. The van der Waals surface area contributed by atoms with Crippen molar-refractivity contribution in [1.29, 1.82) is 0 Å². The van der Waals surface area contributed by atoms with Crippen LogP contribution in [0.5, 0.6) is 0 Å². The van der Waals surface area contributed by atoms with E-state index >= 15 is 0 Å². The van der Waals surface area contributed by atoms with E-state index in [-0.39, 0.29) is 18.2 Å². The molecule has 2 rings (SSSR count). The normalized spacial score (nSPS) is 28.9. The van der Waals surface area contributed by atoms with Crippen LogP contribution in [-0.2, 0) is 4.74 Å². The van der Waals surface area contributed by atoms with E-state index in [1.54, 1.807) is 0 Å². The third-order valence-electron chi connectivity index (χ3n) is 3.46. The van der Waals surface area contributed by atoms with Crippen molar-refractivity contribution < 1.29 is 9.53 Å². The number of amides is 1. The Hall–Kier alpha value is -0.420. The Kier molecular flexibility index (Phi) is 4.11. The third kappa shape index (κ3) is 3.32. The maximum absolute atomic E-state index is 12.3. The molecule has 1 aliphatic heterocycles. The van der Waals surface area contributed by atoms with Gasteiger partial charge in [0.25, 0.3) is 0 Å². The van der Waals surface area contributed by atoms with Crippen LogP contribution in [0.4, 0.5) is 4.79 Å². The predicted molar refractivity (Wildman–Crippen MR) is 74.8 cm³/mol. The molecule has 2 N–H and O–H groups in total. The predicted octanol–water partition coefficient (Wildman–Crippen LogP) is 2.22. The standard InChI is InChI=1S/C13H24N2O2S/c1-13(2,3)17-12(16)15(11-7-18-8-11)10-5-4-9(14)6-10/h9-11H,4-8,14H2,1-3H3. The van der Waals surface area contributed by atoms with Crippen molar-refractivity contribution in [1.82, 2.24) is 4.90 Å². The smallest absolute Gasteiger partial charge is 0.410 e.